The molecule has 10 heavy (non-hydrogen) atoms. The zero-order chi connectivity index (χ0) is 7.56. The number of rotatable bonds is 1. The Morgan fingerprint density at radius 2 is 2.10 bits per heavy atom. The highest BCUT2D eigenvalue weighted by atomic mass is 19.1. The van der Waals surface area contributed by atoms with Crippen LogP contribution in [0.1, 0.15) is 5.56 Å². The van der Waals surface area contributed by atoms with E-state index in [0.717, 1.165) is 12.1 Å². The molecule has 0 unspecified atom stereocenters. The molecule has 0 aliphatic carbocycles. The first kappa shape index (κ1) is 6.99. The standard InChI is InChI=1S/C7H6F2O/c8-4-5-1-2-6(9)3-7(5)10/h1-3,10H,4H2. The summed E-state index contributed by atoms with van der Waals surface area (Å²) in [6.45, 7) is -0.772. The van der Waals surface area contributed by atoms with Gasteiger partial charge in [-0.3, -0.25) is 0 Å². The maximum Gasteiger partial charge on any atom is 0.126 e. The van der Waals surface area contributed by atoms with Crippen molar-refractivity contribution in [3.05, 3.63) is 29.6 Å². The molecule has 0 aliphatic heterocycles. The van der Waals surface area contributed by atoms with Crippen LogP contribution >= 0.6 is 0 Å². The van der Waals surface area contributed by atoms with Crippen molar-refractivity contribution in [1.82, 2.24) is 0 Å². The van der Waals surface area contributed by atoms with E-state index in [-0.39, 0.29) is 11.3 Å². The van der Waals surface area contributed by atoms with Crippen LogP contribution in [-0.4, -0.2) is 5.11 Å². The lowest BCUT2D eigenvalue weighted by Gasteiger charge is -1.97. The van der Waals surface area contributed by atoms with Crippen LogP contribution in [0.5, 0.6) is 5.75 Å². The number of benzene rings is 1. The molecule has 54 valence electrons. The van der Waals surface area contributed by atoms with Crippen LogP contribution in [0.25, 0.3) is 0 Å². The Balaban J connectivity index is 3.07. The van der Waals surface area contributed by atoms with Gasteiger partial charge in [0.05, 0.1) is 0 Å². The molecule has 0 bridgehead atoms. The molecule has 1 N–H and O–H groups in total. The zero-order valence-corrected chi connectivity index (χ0v) is 5.14. The molecule has 0 heterocycles. The molecule has 0 spiro atoms. The fourth-order valence-corrected chi connectivity index (χ4v) is 0.650. The molecule has 1 aromatic rings. The number of aromatic hydroxyl groups is 1. The number of hydrogen-bond acceptors (Lipinski definition) is 1. The van der Waals surface area contributed by atoms with Gasteiger partial charge in [0.1, 0.15) is 18.2 Å². The van der Waals surface area contributed by atoms with E-state index in [9.17, 15) is 8.78 Å². The molecular weight excluding hydrogens is 138 g/mol. The maximum atomic E-state index is 12.2. The molecule has 0 radical (unpaired) electrons. The van der Waals surface area contributed by atoms with E-state index in [0.29, 0.717) is 0 Å². The summed E-state index contributed by atoms with van der Waals surface area (Å²) in [5, 5.41) is 8.81. The van der Waals surface area contributed by atoms with Gasteiger partial charge in [0.15, 0.2) is 0 Å². The summed E-state index contributed by atoms with van der Waals surface area (Å²) in [5.74, 6) is -0.891. The molecule has 1 aromatic carbocycles. The van der Waals surface area contributed by atoms with Gasteiger partial charge in [-0.2, -0.15) is 0 Å². The van der Waals surface area contributed by atoms with Gasteiger partial charge in [0, 0.05) is 11.6 Å². The van der Waals surface area contributed by atoms with Gasteiger partial charge < -0.3 is 5.11 Å². The largest absolute Gasteiger partial charge is 0.507 e. The van der Waals surface area contributed by atoms with Crippen LogP contribution in [-0.2, 0) is 6.67 Å². The number of hydrogen-bond donors (Lipinski definition) is 1. The van der Waals surface area contributed by atoms with Crippen molar-refractivity contribution in [2.24, 2.45) is 0 Å². The SMILES string of the molecule is Oc1cc(F)ccc1CF. The van der Waals surface area contributed by atoms with E-state index in [2.05, 4.69) is 0 Å². The van der Waals surface area contributed by atoms with Gasteiger partial charge in [0.2, 0.25) is 0 Å². The summed E-state index contributed by atoms with van der Waals surface area (Å²) in [6, 6.07) is 3.20. The Morgan fingerprint density at radius 3 is 2.60 bits per heavy atom. The predicted molar refractivity (Wildman–Crippen MR) is 32.9 cm³/mol. The van der Waals surface area contributed by atoms with Crippen molar-refractivity contribution >= 4 is 0 Å². The quantitative estimate of drug-likeness (QED) is 0.639. The molecule has 1 nitrogen and oxygen atoms in total. The third-order valence-electron chi connectivity index (χ3n) is 1.19. The number of phenols is 1. The molecule has 3 heteroatoms. The van der Waals surface area contributed by atoms with Gasteiger partial charge >= 0.3 is 0 Å². The fraction of sp³-hybridized carbons (Fsp3) is 0.143. The van der Waals surface area contributed by atoms with E-state index in [1.54, 1.807) is 0 Å². The van der Waals surface area contributed by atoms with E-state index in [1.165, 1.54) is 6.07 Å². The maximum absolute atomic E-state index is 12.2. The molecule has 0 aromatic heterocycles. The average molecular weight is 144 g/mol. The Kier molecular flexibility index (Phi) is 1.85. The Hall–Kier alpha value is -1.12. The highest BCUT2D eigenvalue weighted by molar-refractivity contribution is 5.31. The monoisotopic (exact) mass is 144 g/mol. The van der Waals surface area contributed by atoms with Crippen molar-refractivity contribution in [2.45, 2.75) is 6.67 Å². The summed E-state index contributed by atoms with van der Waals surface area (Å²) >= 11 is 0. The lowest BCUT2D eigenvalue weighted by molar-refractivity contribution is 0.429. The second-order valence-corrected chi connectivity index (χ2v) is 1.91. The lowest BCUT2D eigenvalue weighted by atomic mass is 10.2. The van der Waals surface area contributed by atoms with E-state index < -0.39 is 12.5 Å². The van der Waals surface area contributed by atoms with Crippen LogP contribution < -0.4 is 0 Å². The van der Waals surface area contributed by atoms with Crippen LogP contribution in [0, 0.1) is 5.82 Å². The fourth-order valence-electron chi connectivity index (χ4n) is 0.650. The van der Waals surface area contributed by atoms with Gasteiger partial charge in [-0.1, -0.05) is 0 Å². The summed E-state index contributed by atoms with van der Waals surface area (Å²) in [4.78, 5) is 0. The molecular formula is C7H6F2O. The molecule has 0 atom stereocenters. The van der Waals surface area contributed by atoms with Gasteiger partial charge in [-0.05, 0) is 12.1 Å². The smallest absolute Gasteiger partial charge is 0.126 e. The van der Waals surface area contributed by atoms with E-state index in [4.69, 9.17) is 5.11 Å². The number of halogens is 2. The lowest BCUT2D eigenvalue weighted by Crippen LogP contribution is -1.80. The highest BCUT2D eigenvalue weighted by Crippen LogP contribution is 2.18. The first-order valence-corrected chi connectivity index (χ1v) is 2.77. The third kappa shape index (κ3) is 1.23. The zero-order valence-electron chi connectivity index (χ0n) is 5.14. The van der Waals surface area contributed by atoms with Crippen molar-refractivity contribution in [1.29, 1.82) is 0 Å². The van der Waals surface area contributed by atoms with Gasteiger partial charge in [-0.25, -0.2) is 8.78 Å². The minimum atomic E-state index is -0.772. The Morgan fingerprint density at radius 1 is 1.40 bits per heavy atom. The van der Waals surface area contributed by atoms with Crippen LogP contribution in [0.3, 0.4) is 0 Å². The molecule has 0 saturated carbocycles. The van der Waals surface area contributed by atoms with E-state index in [1.807, 2.05) is 0 Å². The molecule has 0 saturated heterocycles. The summed E-state index contributed by atoms with van der Waals surface area (Å²) in [5.41, 5.74) is 0.112. The van der Waals surface area contributed by atoms with Crippen molar-refractivity contribution in [2.75, 3.05) is 0 Å². The number of alkyl halides is 1. The molecule has 1 rings (SSSR count). The van der Waals surface area contributed by atoms with Crippen molar-refractivity contribution in [3.63, 3.8) is 0 Å². The normalized spacial score (nSPS) is 9.80. The van der Waals surface area contributed by atoms with Crippen LogP contribution in [0.2, 0.25) is 0 Å². The molecule has 0 fully saturated rings. The highest BCUT2D eigenvalue weighted by Gasteiger charge is 2.00. The average Bonchev–Trinajstić information content (AvgIpc) is 1.88. The number of phenolic OH excluding ortho intramolecular Hbond substituents is 1. The summed E-state index contributed by atoms with van der Waals surface area (Å²) < 4.78 is 24.0. The molecule has 0 aliphatic rings. The summed E-state index contributed by atoms with van der Waals surface area (Å²) in [7, 11) is 0. The van der Waals surface area contributed by atoms with Crippen LogP contribution in [0.15, 0.2) is 18.2 Å². The Bertz CT molecular complexity index is 235. The topological polar surface area (TPSA) is 20.2 Å². The minimum Gasteiger partial charge on any atom is -0.507 e. The minimum absolute atomic E-state index is 0.112. The first-order valence-electron chi connectivity index (χ1n) is 2.77. The van der Waals surface area contributed by atoms with E-state index >= 15 is 0 Å². The predicted octanol–water partition coefficient (Wildman–Crippen LogP) is 2.00. The van der Waals surface area contributed by atoms with Crippen LogP contribution in [0.4, 0.5) is 8.78 Å². The second-order valence-electron chi connectivity index (χ2n) is 1.91. The van der Waals surface area contributed by atoms with Gasteiger partial charge in [0.25, 0.3) is 0 Å². The van der Waals surface area contributed by atoms with Crippen molar-refractivity contribution < 1.29 is 13.9 Å². The Labute approximate surface area is 56.9 Å². The third-order valence-corrected chi connectivity index (χ3v) is 1.19. The van der Waals surface area contributed by atoms with Gasteiger partial charge in [-0.15, -0.1) is 0 Å². The van der Waals surface area contributed by atoms with Crippen molar-refractivity contribution in [3.8, 4) is 5.75 Å². The first-order chi connectivity index (χ1) is 4.74. The molecule has 0 amide bonds. The summed E-state index contributed by atoms with van der Waals surface area (Å²) in [6.07, 6.45) is 0. The second kappa shape index (κ2) is 2.64.